The van der Waals surface area contributed by atoms with Crippen LogP contribution in [0.5, 0.6) is 5.75 Å². The highest BCUT2D eigenvalue weighted by atomic mass is 16.5. The minimum atomic E-state index is -0.174. The average molecular weight is 337 g/mol. The van der Waals surface area contributed by atoms with E-state index in [1.54, 1.807) is 25.3 Å². The smallest absolute Gasteiger partial charge is 0.259 e. The van der Waals surface area contributed by atoms with Crippen molar-refractivity contribution < 1.29 is 14.1 Å². The lowest BCUT2D eigenvalue weighted by Crippen LogP contribution is -2.30. The molecule has 128 valence electrons. The minimum absolute atomic E-state index is 0.0376. The van der Waals surface area contributed by atoms with E-state index in [0.717, 1.165) is 5.56 Å². The van der Waals surface area contributed by atoms with E-state index in [1.807, 2.05) is 44.2 Å². The van der Waals surface area contributed by atoms with Gasteiger partial charge >= 0.3 is 0 Å². The summed E-state index contributed by atoms with van der Waals surface area (Å²) < 4.78 is 10.6. The van der Waals surface area contributed by atoms with Gasteiger partial charge in [0, 0.05) is 11.6 Å². The van der Waals surface area contributed by atoms with Gasteiger partial charge in [0.2, 0.25) is 5.82 Å². The van der Waals surface area contributed by atoms with Gasteiger partial charge in [-0.15, -0.1) is 0 Å². The van der Waals surface area contributed by atoms with Crippen LogP contribution in [-0.4, -0.2) is 29.2 Å². The minimum Gasteiger partial charge on any atom is -0.497 e. The largest absolute Gasteiger partial charge is 0.497 e. The van der Waals surface area contributed by atoms with Crippen LogP contribution in [0, 0.1) is 0 Å². The van der Waals surface area contributed by atoms with Crippen LogP contribution < -0.4 is 10.1 Å². The van der Waals surface area contributed by atoms with Crippen molar-refractivity contribution in [3.8, 4) is 28.6 Å². The van der Waals surface area contributed by atoms with E-state index in [9.17, 15) is 4.79 Å². The lowest BCUT2D eigenvalue weighted by molar-refractivity contribution is 0.0943. The number of benzene rings is 2. The van der Waals surface area contributed by atoms with E-state index >= 15 is 0 Å². The third-order valence-electron chi connectivity index (χ3n) is 3.58. The summed E-state index contributed by atoms with van der Waals surface area (Å²) in [5.74, 6) is 1.27. The number of hydrogen-bond acceptors (Lipinski definition) is 5. The molecule has 6 nitrogen and oxygen atoms in total. The van der Waals surface area contributed by atoms with Crippen molar-refractivity contribution in [2.24, 2.45) is 0 Å². The fourth-order valence-corrected chi connectivity index (χ4v) is 2.42. The third-order valence-corrected chi connectivity index (χ3v) is 3.58. The molecule has 0 saturated carbocycles. The Labute approximate surface area is 145 Å². The molecule has 0 saturated heterocycles. The van der Waals surface area contributed by atoms with Gasteiger partial charge in [0.25, 0.3) is 11.8 Å². The summed E-state index contributed by atoms with van der Waals surface area (Å²) in [6.45, 7) is 3.82. The Kier molecular flexibility index (Phi) is 4.79. The van der Waals surface area contributed by atoms with Crippen molar-refractivity contribution in [1.82, 2.24) is 15.5 Å². The van der Waals surface area contributed by atoms with E-state index in [2.05, 4.69) is 15.5 Å². The second kappa shape index (κ2) is 7.17. The Morgan fingerprint density at radius 1 is 1.16 bits per heavy atom. The van der Waals surface area contributed by atoms with Gasteiger partial charge in [0.05, 0.1) is 18.2 Å². The summed E-state index contributed by atoms with van der Waals surface area (Å²) in [6, 6.07) is 14.6. The lowest BCUT2D eigenvalue weighted by Gasteiger charge is -2.10. The van der Waals surface area contributed by atoms with Crippen molar-refractivity contribution in [3.63, 3.8) is 0 Å². The van der Waals surface area contributed by atoms with Crippen LogP contribution in [-0.2, 0) is 0 Å². The zero-order chi connectivity index (χ0) is 17.8. The fraction of sp³-hybridized carbons (Fsp3) is 0.211. The highest BCUT2D eigenvalue weighted by Gasteiger charge is 2.18. The zero-order valence-corrected chi connectivity index (χ0v) is 14.3. The van der Waals surface area contributed by atoms with E-state index in [1.165, 1.54) is 0 Å². The van der Waals surface area contributed by atoms with Gasteiger partial charge in [0.15, 0.2) is 0 Å². The summed E-state index contributed by atoms with van der Waals surface area (Å²) in [7, 11) is 1.60. The molecule has 0 aliphatic carbocycles. The van der Waals surface area contributed by atoms with Crippen molar-refractivity contribution in [1.29, 1.82) is 0 Å². The predicted octanol–water partition coefficient (Wildman–Crippen LogP) is 3.55. The molecule has 3 aromatic rings. The first-order valence-electron chi connectivity index (χ1n) is 7.97. The van der Waals surface area contributed by atoms with Crippen LogP contribution in [0.3, 0.4) is 0 Å². The summed E-state index contributed by atoms with van der Waals surface area (Å²) in [5.41, 5.74) is 1.87. The van der Waals surface area contributed by atoms with Gasteiger partial charge < -0.3 is 14.6 Å². The second-order valence-electron chi connectivity index (χ2n) is 5.83. The molecule has 0 bridgehead atoms. The Bertz CT molecular complexity index is 887. The molecule has 0 aliphatic heterocycles. The normalized spacial score (nSPS) is 10.7. The van der Waals surface area contributed by atoms with Crippen LogP contribution in [0.2, 0.25) is 0 Å². The molecule has 0 aliphatic rings. The quantitative estimate of drug-likeness (QED) is 0.770. The standard InChI is InChI=1S/C19H19N3O3/c1-12(2)20-18(23)15-9-4-5-10-16(15)19-21-17(22-25-19)13-7-6-8-14(11-13)24-3/h4-12H,1-3H3,(H,20,23). The number of nitrogens with zero attached hydrogens (tertiary/aromatic N) is 2. The third kappa shape index (κ3) is 3.68. The van der Waals surface area contributed by atoms with Crippen LogP contribution >= 0.6 is 0 Å². The second-order valence-corrected chi connectivity index (χ2v) is 5.83. The van der Waals surface area contributed by atoms with Gasteiger partial charge in [0.1, 0.15) is 5.75 Å². The van der Waals surface area contributed by atoms with Gasteiger partial charge in [-0.05, 0) is 38.1 Å². The fourth-order valence-electron chi connectivity index (χ4n) is 2.42. The molecule has 25 heavy (non-hydrogen) atoms. The molecule has 1 aromatic heterocycles. The summed E-state index contributed by atoms with van der Waals surface area (Å²) >= 11 is 0. The van der Waals surface area contributed by atoms with E-state index in [-0.39, 0.29) is 11.9 Å². The molecule has 3 rings (SSSR count). The van der Waals surface area contributed by atoms with Crippen molar-refractivity contribution in [3.05, 3.63) is 54.1 Å². The van der Waals surface area contributed by atoms with E-state index in [4.69, 9.17) is 9.26 Å². The first-order valence-corrected chi connectivity index (χ1v) is 7.97. The maximum absolute atomic E-state index is 12.4. The van der Waals surface area contributed by atoms with Crippen molar-refractivity contribution in [2.45, 2.75) is 19.9 Å². The maximum atomic E-state index is 12.4. The van der Waals surface area contributed by atoms with E-state index < -0.39 is 0 Å². The number of hydrogen-bond donors (Lipinski definition) is 1. The molecular formula is C19H19N3O3. The Balaban J connectivity index is 1.96. The molecular weight excluding hydrogens is 318 g/mol. The summed E-state index contributed by atoms with van der Waals surface area (Å²) in [5, 5.41) is 6.90. The van der Waals surface area contributed by atoms with E-state index in [0.29, 0.717) is 28.6 Å². The van der Waals surface area contributed by atoms with Crippen LogP contribution in [0.1, 0.15) is 24.2 Å². The number of nitrogens with one attached hydrogen (secondary N) is 1. The highest BCUT2D eigenvalue weighted by molar-refractivity contribution is 6.00. The summed E-state index contributed by atoms with van der Waals surface area (Å²) in [4.78, 5) is 16.8. The number of carbonyl (C=O) groups is 1. The first-order chi connectivity index (χ1) is 12.1. The Morgan fingerprint density at radius 3 is 2.72 bits per heavy atom. The SMILES string of the molecule is COc1cccc(-c2noc(-c3ccccc3C(=O)NC(C)C)n2)c1. The van der Waals surface area contributed by atoms with Crippen molar-refractivity contribution in [2.75, 3.05) is 7.11 Å². The molecule has 0 unspecified atom stereocenters. The lowest BCUT2D eigenvalue weighted by atomic mass is 10.1. The van der Waals surface area contributed by atoms with Crippen LogP contribution in [0.4, 0.5) is 0 Å². The van der Waals surface area contributed by atoms with Crippen LogP contribution in [0.15, 0.2) is 53.1 Å². The summed E-state index contributed by atoms with van der Waals surface area (Å²) in [6.07, 6.45) is 0. The Hall–Kier alpha value is -3.15. The molecule has 1 heterocycles. The maximum Gasteiger partial charge on any atom is 0.259 e. The topological polar surface area (TPSA) is 77.2 Å². The van der Waals surface area contributed by atoms with Gasteiger partial charge in [-0.1, -0.05) is 29.4 Å². The first kappa shape index (κ1) is 16.7. The predicted molar refractivity (Wildman–Crippen MR) is 94.3 cm³/mol. The number of aromatic nitrogens is 2. The molecule has 1 N–H and O–H groups in total. The van der Waals surface area contributed by atoms with Crippen LogP contribution in [0.25, 0.3) is 22.8 Å². The Morgan fingerprint density at radius 2 is 1.96 bits per heavy atom. The molecule has 0 spiro atoms. The van der Waals surface area contributed by atoms with Gasteiger partial charge in [-0.3, -0.25) is 4.79 Å². The highest BCUT2D eigenvalue weighted by Crippen LogP contribution is 2.26. The molecule has 0 radical (unpaired) electrons. The number of methoxy groups -OCH3 is 1. The zero-order valence-electron chi connectivity index (χ0n) is 14.3. The van der Waals surface area contributed by atoms with Gasteiger partial charge in [-0.25, -0.2) is 0 Å². The number of ether oxygens (including phenoxy) is 1. The monoisotopic (exact) mass is 337 g/mol. The molecule has 0 fully saturated rings. The molecule has 2 aromatic carbocycles. The molecule has 0 atom stereocenters. The van der Waals surface area contributed by atoms with Gasteiger partial charge in [-0.2, -0.15) is 4.98 Å². The average Bonchev–Trinajstić information content (AvgIpc) is 3.11. The number of rotatable bonds is 5. The number of amides is 1. The molecule has 6 heteroatoms. The number of carbonyl (C=O) groups excluding carboxylic acids is 1. The molecule has 1 amide bonds. The van der Waals surface area contributed by atoms with Crippen molar-refractivity contribution >= 4 is 5.91 Å².